The molecule has 0 spiro atoms. The second-order valence-corrected chi connectivity index (χ2v) is 9.13. The third kappa shape index (κ3) is 3.40. The molecule has 0 bridgehead atoms. The fraction of sp³-hybridized carbons (Fsp3) is 0.278. The van der Waals surface area contributed by atoms with E-state index in [1.807, 2.05) is 0 Å². The monoisotopic (exact) mass is 428 g/mol. The first kappa shape index (κ1) is 19.9. The molecule has 144 valence electrons. The Bertz CT molecular complexity index is 1020. The number of aliphatic hydroxyl groups excluding tert-OH is 1. The minimum atomic E-state index is -3.98. The number of fused-ring (bicyclic) bond motifs is 1. The van der Waals surface area contributed by atoms with E-state index in [9.17, 15) is 18.3 Å². The molecule has 27 heavy (non-hydrogen) atoms. The van der Waals surface area contributed by atoms with Gasteiger partial charge in [0, 0.05) is 6.54 Å². The zero-order valence-electron chi connectivity index (χ0n) is 14.7. The Balaban J connectivity index is 2.01. The molecule has 9 heteroatoms. The molecule has 2 aromatic carbocycles. The number of amides is 1. The maximum absolute atomic E-state index is 12.7. The highest BCUT2D eigenvalue weighted by Crippen LogP contribution is 2.43. The summed E-state index contributed by atoms with van der Waals surface area (Å²) in [5, 5.41) is 9.34. The highest BCUT2D eigenvalue weighted by atomic mass is 35.5. The van der Waals surface area contributed by atoms with Crippen molar-refractivity contribution in [2.45, 2.75) is 24.2 Å². The zero-order valence-corrected chi connectivity index (χ0v) is 17.0. The van der Waals surface area contributed by atoms with Crippen LogP contribution in [-0.4, -0.2) is 32.6 Å². The van der Waals surface area contributed by atoms with Crippen LogP contribution in [0.2, 0.25) is 10.0 Å². The van der Waals surface area contributed by atoms with E-state index in [-0.39, 0.29) is 39.7 Å². The van der Waals surface area contributed by atoms with Crippen LogP contribution in [-0.2, 0) is 20.2 Å². The molecule has 0 saturated carbocycles. The van der Waals surface area contributed by atoms with E-state index in [2.05, 4.69) is 4.72 Å². The van der Waals surface area contributed by atoms with Gasteiger partial charge in [0.25, 0.3) is 10.0 Å². The molecule has 2 aromatic rings. The topological polar surface area (TPSA) is 86.7 Å². The standard InChI is InChI=1S/C18H18Cl2N2O4S/c1-18(2)12-7-6-11(10-14(12)22(8-9-23)17(18)24)21-27(25,26)15-5-3-4-13(19)16(15)20/h3-7,10,21,23H,8-9H2,1-2H3. The average Bonchev–Trinajstić information content (AvgIpc) is 2.78. The van der Waals surface area contributed by atoms with E-state index in [1.165, 1.54) is 23.1 Å². The van der Waals surface area contributed by atoms with Crippen molar-refractivity contribution >= 4 is 50.5 Å². The summed E-state index contributed by atoms with van der Waals surface area (Å²) in [5.41, 5.74) is 0.859. The molecule has 0 radical (unpaired) electrons. The molecule has 0 atom stereocenters. The third-order valence-corrected chi connectivity index (χ3v) is 6.88. The van der Waals surface area contributed by atoms with Crippen molar-refractivity contribution in [3.05, 3.63) is 52.0 Å². The highest BCUT2D eigenvalue weighted by Gasteiger charge is 2.43. The SMILES string of the molecule is CC1(C)C(=O)N(CCO)c2cc(NS(=O)(=O)c3cccc(Cl)c3Cl)ccc21. The van der Waals surface area contributed by atoms with Crippen molar-refractivity contribution in [2.75, 3.05) is 22.8 Å². The van der Waals surface area contributed by atoms with Gasteiger partial charge in [-0.25, -0.2) is 8.42 Å². The number of nitrogens with zero attached hydrogens (tertiary/aromatic N) is 1. The molecule has 0 unspecified atom stereocenters. The molecule has 1 aliphatic rings. The second-order valence-electron chi connectivity index (χ2n) is 6.69. The molecule has 0 aliphatic carbocycles. The fourth-order valence-corrected chi connectivity index (χ4v) is 4.94. The van der Waals surface area contributed by atoms with Crippen molar-refractivity contribution in [3.8, 4) is 0 Å². The Morgan fingerprint density at radius 1 is 1.19 bits per heavy atom. The first-order valence-electron chi connectivity index (χ1n) is 8.14. The second kappa shape index (κ2) is 6.98. The van der Waals surface area contributed by atoms with Gasteiger partial charge in [0.05, 0.1) is 33.4 Å². The Hall–Kier alpha value is -1.80. The first-order chi connectivity index (χ1) is 12.6. The zero-order chi connectivity index (χ0) is 20.0. The molecule has 0 aromatic heterocycles. The predicted molar refractivity (Wildman–Crippen MR) is 106 cm³/mol. The van der Waals surface area contributed by atoms with Crippen molar-refractivity contribution in [1.29, 1.82) is 0 Å². The number of aliphatic hydroxyl groups is 1. The van der Waals surface area contributed by atoms with Crippen LogP contribution in [0.15, 0.2) is 41.3 Å². The van der Waals surface area contributed by atoms with E-state index in [1.54, 1.807) is 32.0 Å². The van der Waals surface area contributed by atoms with Gasteiger partial charge in [0.1, 0.15) is 4.90 Å². The lowest BCUT2D eigenvalue weighted by molar-refractivity contribution is -0.122. The van der Waals surface area contributed by atoms with Crippen molar-refractivity contribution in [2.24, 2.45) is 0 Å². The molecule has 0 saturated heterocycles. The molecule has 1 amide bonds. The van der Waals surface area contributed by atoms with Gasteiger partial charge in [-0.3, -0.25) is 9.52 Å². The third-order valence-electron chi connectivity index (χ3n) is 4.52. The Morgan fingerprint density at radius 3 is 2.56 bits per heavy atom. The highest BCUT2D eigenvalue weighted by molar-refractivity contribution is 7.92. The molecule has 6 nitrogen and oxygen atoms in total. The van der Waals surface area contributed by atoms with Crippen LogP contribution in [0.4, 0.5) is 11.4 Å². The fourth-order valence-electron chi connectivity index (χ4n) is 3.13. The van der Waals surface area contributed by atoms with Gasteiger partial charge in [0.15, 0.2) is 0 Å². The lowest BCUT2D eigenvalue weighted by Crippen LogP contribution is -2.37. The summed E-state index contributed by atoms with van der Waals surface area (Å²) >= 11 is 11.9. The smallest absolute Gasteiger partial charge is 0.263 e. The van der Waals surface area contributed by atoms with Crippen molar-refractivity contribution < 1.29 is 18.3 Å². The number of β-amino-alcohol motifs (C(OH)–C–C–N with tert-alkyl or cyclic N) is 1. The van der Waals surface area contributed by atoms with Crippen LogP contribution in [0, 0.1) is 0 Å². The number of anilines is 2. The van der Waals surface area contributed by atoms with Gasteiger partial charge in [-0.1, -0.05) is 35.3 Å². The molecule has 1 heterocycles. The summed E-state index contributed by atoms with van der Waals surface area (Å²) in [6.07, 6.45) is 0. The Labute approximate surface area is 167 Å². The number of benzene rings is 2. The van der Waals surface area contributed by atoms with E-state index in [4.69, 9.17) is 23.2 Å². The first-order valence-corrected chi connectivity index (χ1v) is 10.4. The number of rotatable bonds is 5. The predicted octanol–water partition coefficient (Wildman–Crippen LogP) is 3.41. The van der Waals surface area contributed by atoms with Crippen LogP contribution in [0.5, 0.6) is 0 Å². The number of hydrogen-bond acceptors (Lipinski definition) is 4. The summed E-state index contributed by atoms with van der Waals surface area (Å²) in [7, 11) is -3.98. The Kier molecular flexibility index (Phi) is 5.16. The molecule has 0 fully saturated rings. The molecular formula is C18H18Cl2N2O4S. The number of hydrogen-bond donors (Lipinski definition) is 2. The quantitative estimate of drug-likeness (QED) is 0.763. The molecule has 2 N–H and O–H groups in total. The number of sulfonamides is 1. The van der Waals surface area contributed by atoms with Crippen LogP contribution in [0.25, 0.3) is 0 Å². The molecular weight excluding hydrogens is 411 g/mol. The van der Waals surface area contributed by atoms with E-state index < -0.39 is 15.4 Å². The minimum Gasteiger partial charge on any atom is -0.395 e. The summed E-state index contributed by atoms with van der Waals surface area (Å²) in [6, 6.07) is 9.23. The maximum Gasteiger partial charge on any atom is 0.263 e. The van der Waals surface area contributed by atoms with Gasteiger partial charge in [0.2, 0.25) is 5.91 Å². The summed E-state index contributed by atoms with van der Waals surface area (Å²) < 4.78 is 27.9. The molecule has 3 rings (SSSR count). The normalized spacial score (nSPS) is 15.7. The van der Waals surface area contributed by atoms with E-state index in [0.29, 0.717) is 5.69 Å². The van der Waals surface area contributed by atoms with Gasteiger partial charge in [-0.05, 0) is 43.7 Å². The van der Waals surface area contributed by atoms with Gasteiger partial charge in [-0.15, -0.1) is 0 Å². The van der Waals surface area contributed by atoms with E-state index in [0.717, 1.165) is 5.56 Å². The lowest BCUT2D eigenvalue weighted by Gasteiger charge is -2.19. The number of halogens is 2. The van der Waals surface area contributed by atoms with E-state index >= 15 is 0 Å². The number of carbonyl (C=O) groups excluding carboxylic acids is 1. The lowest BCUT2D eigenvalue weighted by atomic mass is 9.86. The van der Waals surface area contributed by atoms with Gasteiger partial charge in [-0.2, -0.15) is 0 Å². The largest absolute Gasteiger partial charge is 0.395 e. The number of carbonyl (C=O) groups is 1. The van der Waals surface area contributed by atoms with Gasteiger partial charge >= 0.3 is 0 Å². The molecule has 1 aliphatic heterocycles. The minimum absolute atomic E-state index is 0.0638. The van der Waals surface area contributed by atoms with Crippen LogP contribution in [0.1, 0.15) is 19.4 Å². The maximum atomic E-state index is 12.7. The number of nitrogens with one attached hydrogen (secondary N) is 1. The summed E-state index contributed by atoms with van der Waals surface area (Å²) in [4.78, 5) is 13.9. The van der Waals surface area contributed by atoms with Crippen LogP contribution >= 0.6 is 23.2 Å². The van der Waals surface area contributed by atoms with Gasteiger partial charge < -0.3 is 10.0 Å². The van der Waals surface area contributed by atoms with Crippen LogP contribution < -0.4 is 9.62 Å². The van der Waals surface area contributed by atoms with Crippen molar-refractivity contribution in [1.82, 2.24) is 0 Å². The summed E-state index contributed by atoms with van der Waals surface area (Å²) in [5.74, 6) is -0.149. The Morgan fingerprint density at radius 2 is 1.89 bits per heavy atom. The van der Waals surface area contributed by atoms with Crippen LogP contribution in [0.3, 0.4) is 0 Å². The average molecular weight is 429 g/mol. The van der Waals surface area contributed by atoms with Crippen molar-refractivity contribution in [3.63, 3.8) is 0 Å². The summed E-state index contributed by atoms with van der Waals surface area (Å²) in [6.45, 7) is 3.52.